The first-order chi connectivity index (χ1) is 7.09. The monoisotopic (exact) mass is 227 g/mol. The first-order valence-corrected chi connectivity index (χ1v) is 5.64. The molecule has 1 aromatic carbocycles. The number of rotatable bonds is 5. The van der Waals surface area contributed by atoms with E-state index in [2.05, 4.69) is 19.2 Å². The van der Waals surface area contributed by atoms with Crippen molar-refractivity contribution in [2.24, 2.45) is 0 Å². The first-order valence-electron chi connectivity index (χ1n) is 5.26. The molecular weight excluding hydrogens is 210 g/mol. The van der Waals surface area contributed by atoms with E-state index in [9.17, 15) is 5.11 Å². The van der Waals surface area contributed by atoms with E-state index in [0.717, 1.165) is 18.5 Å². The van der Waals surface area contributed by atoms with Crippen molar-refractivity contribution in [2.45, 2.75) is 32.4 Å². The Labute approximate surface area is 96.3 Å². The Morgan fingerprint density at radius 1 is 1.27 bits per heavy atom. The van der Waals surface area contributed by atoms with Crippen LogP contribution in [0.2, 0.25) is 5.02 Å². The summed E-state index contributed by atoms with van der Waals surface area (Å²) < 4.78 is 0. The highest BCUT2D eigenvalue weighted by Gasteiger charge is 2.06. The normalized spacial score (nSPS) is 13.1. The lowest BCUT2D eigenvalue weighted by Gasteiger charge is -2.13. The van der Waals surface area contributed by atoms with Crippen LogP contribution < -0.4 is 5.32 Å². The molecule has 0 amide bonds. The van der Waals surface area contributed by atoms with Gasteiger partial charge in [0, 0.05) is 11.1 Å². The lowest BCUT2D eigenvalue weighted by Crippen LogP contribution is -2.24. The first kappa shape index (κ1) is 12.5. The van der Waals surface area contributed by atoms with Gasteiger partial charge in [0.1, 0.15) is 0 Å². The summed E-state index contributed by atoms with van der Waals surface area (Å²) in [6.45, 7) is 5.00. The predicted octanol–water partition coefficient (Wildman–Crippen LogP) is 2.76. The molecule has 1 atom stereocenters. The van der Waals surface area contributed by atoms with Crippen LogP contribution in [0.1, 0.15) is 31.9 Å². The number of hydrogen-bond acceptors (Lipinski definition) is 2. The smallest absolute Gasteiger partial charge is 0.0802 e. The minimum atomic E-state index is -0.409. The highest BCUT2D eigenvalue weighted by atomic mass is 35.5. The molecule has 0 heterocycles. The lowest BCUT2D eigenvalue weighted by molar-refractivity contribution is 0.166. The van der Waals surface area contributed by atoms with Crippen LogP contribution in [0.4, 0.5) is 0 Å². The summed E-state index contributed by atoms with van der Waals surface area (Å²) in [6.07, 6.45) is 0.313. The summed E-state index contributed by atoms with van der Waals surface area (Å²) in [5, 5.41) is 13.8. The molecule has 2 nitrogen and oxygen atoms in total. The van der Waals surface area contributed by atoms with Crippen molar-refractivity contribution < 1.29 is 5.11 Å². The number of aliphatic hydroxyl groups is 1. The van der Waals surface area contributed by atoms with Crippen LogP contribution in [0.25, 0.3) is 0 Å². The maximum Gasteiger partial charge on any atom is 0.0802 e. The second-order valence-electron chi connectivity index (χ2n) is 3.96. The zero-order valence-electron chi connectivity index (χ0n) is 9.20. The van der Waals surface area contributed by atoms with E-state index in [1.807, 2.05) is 12.1 Å². The molecule has 3 heteroatoms. The molecule has 0 spiro atoms. The third-order valence-electron chi connectivity index (χ3n) is 2.23. The molecule has 0 saturated carbocycles. The SMILES string of the molecule is CC(C)NCC[C@@H](O)c1ccc(Cl)cc1. The van der Waals surface area contributed by atoms with Crippen LogP contribution in [0.15, 0.2) is 24.3 Å². The molecule has 2 N–H and O–H groups in total. The molecule has 0 unspecified atom stereocenters. The molecule has 84 valence electrons. The molecule has 0 aliphatic rings. The number of halogens is 1. The fraction of sp³-hybridized carbons (Fsp3) is 0.500. The van der Waals surface area contributed by atoms with Gasteiger partial charge in [-0.25, -0.2) is 0 Å². The van der Waals surface area contributed by atoms with Crippen LogP contribution in [0.3, 0.4) is 0 Å². The van der Waals surface area contributed by atoms with Crippen LogP contribution in [-0.4, -0.2) is 17.7 Å². The average Bonchev–Trinajstić information content (AvgIpc) is 2.18. The van der Waals surface area contributed by atoms with Gasteiger partial charge in [-0.05, 0) is 30.7 Å². The van der Waals surface area contributed by atoms with Gasteiger partial charge in [0.25, 0.3) is 0 Å². The molecular formula is C12H18ClNO. The van der Waals surface area contributed by atoms with Gasteiger partial charge in [-0.1, -0.05) is 37.6 Å². The van der Waals surface area contributed by atoms with Crippen molar-refractivity contribution >= 4 is 11.6 Å². The average molecular weight is 228 g/mol. The Balaban J connectivity index is 2.40. The maximum atomic E-state index is 9.84. The van der Waals surface area contributed by atoms with Crippen molar-refractivity contribution in [3.63, 3.8) is 0 Å². The van der Waals surface area contributed by atoms with Gasteiger partial charge >= 0.3 is 0 Å². The Morgan fingerprint density at radius 3 is 2.40 bits per heavy atom. The minimum Gasteiger partial charge on any atom is -0.388 e. The van der Waals surface area contributed by atoms with E-state index in [4.69, 9.17) is 11.6 Å². The molecule has 1 rings (SSSR count). The number of benzene rings is 1. The van der Waals surface area contributed by atoms with E-state index in [0.29, 0.717) is 11.1 Å². The summed E-state index contributed by atoms with van der Waals surface area (Å²) in [7, 11) is 0. The summed E-state index contributed by atoms with van der Waals surface area (Å²) >= 11 is 5.77. The van der Waals surface area contributed by atoms with Crippen LogP contribution in [-0.2, 0) is 0 Å². The van der Waals surface area contributed by atoms with E-state index < -0.39 is 6.10 Å². The van der Waals surface area contributed by atoms with Gasteiger partial charge in [-0.2, -0.15) is 0 Å². The Kier molecular flexibility index (Phi) is 5.09. The van der Waals surface area contributed by atoms with Gasteiger partial charge < -0.3 is 10.4 Å². The summed E-state index contributed by atoms with van der Waals surface area (Å²) in [5.74, 6) is 0. The standard InChI is InChI=1S/C12H18ClNO/c1-9(2)14-8-7-12(15)10-3-5-11(13)6-4-10/h3-6,9,12,14-15H,7-8H2,1-2H3/t12-/m1/s1. The molecule has 0 fully saturated rings. The van der Waals surface area contributed by atoms with Crippen molar-refractivity contribution in [3.05, 3.63) is 34.9 Å². The maximum absolute atomic E-state index is 9.84. The highest BCUT2D eigenvalue weighted by Crippen LogP contribution is 2.18. The van der Waals surface area contributed by atoms with Crippen LogP contribution >= 0.6 is 11.6 Å². The number of aliphatic hydroxyl groups excluding tert-OH is 1. The number of nitrogens with one attached hydrogen (secondary N) is 1. The quantitative estimate of drug-likeness (QED) is 0.811. The molecule has 15 heavy (non-hydrogen) atoms. The zero-order valence-corrected chi connectivity index (χ0v) is 9.96. The summed E-state index contributed by atoms with van der Waals surface area (Å²) in [5.41, 5.74) is 0.921. The summed E-state index contributed by atoms with van der Waals surface area (Å²) in [6, 6.07) is 7.79. The van der Waals surface area contributed by atoms with Gasteiger partial charge in [0.15, 0.2) is 0 Å². The molecule has 0 bridgehead atoms. The van der Waals surface area contributed by atoms with Crippen molar-refractivity contribution in [1.82, 2.24) is 5.32 Å². The van der Waals surface area contributed by atoms with Gasteiger partial charge in [-0.15, -0.1) is 0 Å². The molecule has 0 aromatic heterocycles. The third kappa shape index (κ3) is 4.65. The molecule has 0 aliphatic carbocycles. The summed E-state index contributed by atoms with van der Waals surface area (Å²) in [4.78, 5) is 0. The van der Waals surface area contributed by atoms with Gasteiger partial charge in [0.05, 0.1) is 6.10 Å². The van der Waals surface area contributed by atoms with E-state index in [-0.39, 0.29) is 0 Å². The fourth-order valence-electron chi connectivity index (χ4n) is 1.36. The Bertz CT molecular complexity index is 284. The van der Waals surface area contributed by atoms with Crippen molar-refractivity contribution in [2.75, 3.05) is 6.54 Å². The molecule has 0 radical (unpaired) electrons. The second-order valence-corrected chi connectivity index (χ2v) is 4.40. The Morgan fingerprint density at radius 2 is 1.87 bits per heavy atom. The highest BCUT2D eigenvalue weighted by molar-refractivity contribution is 6.30. The minimum absolute atomic E-state index is 0.409. The van der Waals surface area contributed by atoms with Crippen molar-refractivity contribution in [1.29, 1.82) is 0 Å². The Hall–Kier alpha value is -0.570. The zero-order chi connectivity index (χ0) is 11.3. The largest absolute Gasteiger partial charge is 0.388 e. The second kappa shape index (κ2) is 6.11. The topological polar surface area (TPSA) is 32.3 Å². The van der Waals surface area contributed by atoms with E-state index in [1.165, 1.54) is 0 Å². The lowest BCUT2D eigenvalue weighted by atomic mass is 10.1. The fourth-order valence-corrected chi connectivity index (χ4v) is 1.49. The predicted molar refractivity (Wildman–Crippen MR) is 64.2 cm³/mol. The molecule has 1 aromatic rings. The number of hydrogen-bond donors (Lipinski definition) is 2. The van der Waals surface area contributed by atoms with E-state index >= 15 is 0 Å². The molecule has 0 saturated heterocycles. The van der Waals surface area contributed by atoms with Crippen molar-refractivity contribution in [3.8, 4) is 0 Å². The third-order valence-corrected chi connectivity index (χ3v) is 2.48. The van der Waals surface area contributed by atoms with Crippen LogP contribution in [0.5, 0.6) is 0 Å². The molecule has 0 aliphatic heterocycles. The van der Waals surface area contributed by atoms with Gasteiger partial charge in [0.2, 0.25) is 0 Å². The van der Waals surface area contributed by atoms with Crippen LogP contribution in [0, 0.1) is 0 Å². The van der Waals surface area contributed by atoms with E-state index in [1.54, 1.807) is 12.1 Å². The van der Waals surface area contributed by atoms with Gasteiger partial charge in [-0.3, -0.25) is 0 Å².